The van der Waals surface area contributed by atoms with Crippen molar-refractivity contribution in [3.05, 3.63) is 35.9 Å². The SMILES string of the molecule is O=C(NCCCc1ccccc1)C(=O)NCC1COC2(CCCC2)O1. The molecule has 25 heavy (non-hydrogen) atoms. The molecule has 1 saturated carbocycles. The number of hydrogen-bond donors (Lipinski definition) is 2. The molecule has 136 valence electrons. The van der Waals surface area contributed by atoms with Gasteiger partial charge in [-0.3, -0.25) is 9.59 Å². The lowest BCUT2D eigenvalue weighted by Crippen LogP contribution is -2.43. The summed E-state index contributed by atoms with van der Waals surface area (Å²) in [6.07, 6.45) is 5.56. The average molecular weight is 346 g/mol. The quantitative estimate of drug-likeness (QED) is 0.605. The Labute approximate surface area is 148 Å². The van der Waals surface area contributed by atoms with Crippen molar-refractivity contribution < 1.29 is 19.1 Å². The summed E-state index contributed by atoms with van der Waals surface area (Å²) >= 11 is 0. The van der Waals surface area contributed by atoms with Crippen LogP contribution >= 0.6 is 0 Å². The van der Waals surface area contributed by atoms with Crippen LogP contribution in [-0.4, -0.2) is 43.4 Å². The van der Waals surface area contributed by atoms with Crippen molar-refractivity contribution >= 4 is 11.8 Å². The summed E-state index contributed by atoms with van der Waals surface area (Å²) in [7, 11) is 0. The van der Waals surface area contributed by atoms with E-state index in [0.29, 0.717) is 19.7 Å². The zero-order chi connectivity index (χ0) is 17.5. The Kier molecular flexibility index (Phi) is 6.04. The Morgan fingerprint density at radius 2 is 1.80 bits per heavy atom. The minimum Gasteiger partial charge on any atom is -0.348 e. The first-order chi connectivity index (χ1) is 12.2. The third-order valence-electron chi connectivity index (χ3n) is 4.75. The maximum atomic E-state index is 11.9. The lowest BCUT2D eigenvalue weighted by molar-refractivity contribution is -0.161. The molecular weight excluding hydrogens is 320 g/mol. The average Bonchev–Trinajstić information content (AvgIpc) is 3.27. The van der Waals surface area contributed by atoms with Crippen molar-refractivity contribution in [1.29, 1.82) is 0 Å². The second-order valence-corrected chi connectivity index (χ2v) is 6.72. The van der Waals surface area contributed by atoms with Crippen LogP contribution < -0.4 is 10.6 Å². The molecule has 0 radical (unpaired) electrons. The molecule has 0 bridgehead atoms. The van der Waals surface area contributed by atoms with Crippen LogP contribution in [0, 0.1) is 0 Å². The van der Waals surface area contributed by atoms with Gasteiger partial charge in [0.05, 0.1) is 6.61 Å². The van der Waals surface area contributed by atoms with Crippen molar-refractivity contribution in [2.45, 2.75) is 50.4 Å². The molecule has 1 saturated heterocycles. The Morgan fingerprint density at radius 1 is 1.08 bits per heavy atom. The Hall–Kier alpha value is -1.92. The summed E-state index contributed by atoms with van der Waals surface area (Å²) < 4.78 is 11.7. The van der Waals surface area contributed by atoms with Crippen molar-refractivity contribution in [2.24, 2.45) is 0 Å². The molecule has 6 nitrogen and oxygen atoms in total. The largest absolute Gasteiger partial charge is 0.348 e. The highest BCUT2D eigenvalue weighted by Gasteiger charge is 2.43. The number of rotatable bonds is 6. The number of aryl methyl sites for hydroxylation is 1. The third kappa shape index (κ3) is 5.03. The van der Waals surface area contributed by atoms with E-state index < -0.39 is 17.6 Å². The smallest absolute Gasteiger partial charge is 0.309 e. The number of carbonyl (C=O) groups excluding carboxylic acids is 2. The van der Waals surface area contributed by atoms with Gasteiger partial charge in [-0.15, -0.1) is 0 Å². The highest BCUT2D eigenvalue weighted by molar-refractivity contribution is 6.35. The van der Waals surface area contributed by atoms with Crippen LogP contribution in [0.2, 0.25) is 0 Å². The van der Waals surface area contributed by atoms with Gasteiger partial charge in [-0.1, -0.05) is 30.3 Å². The van der Waals surface area contributed by atoms with Gasteiger partial charge in [0.25, 0.3) is 0 Å². The summed E-state index contributed by atoms with van der Waals surface area (Å²) in [5.74, 6) is -1.65. The highest BCUT2D eigenvalue weighted by atomic mass is 16.7. The molecule has 1 aromatic carbocycles. The molecule has 3 rings (SSSR count). The van der Waals surface area contributed by atoms with Crippen molar-refractivity contribution in [1.82, 2.24) is 10.6 Å². The van der Waals surface area contributed by atoms with E-state index in [9.17, 15) is 9.59 Å². The van der Waals surface area contributed by atoms with Crippen LogP contribution in [0.4, 0.5) is 0 Å². The molecule has 1 aromatic rings. The van der Waals surface area contributed by atoms with Gasteiger partial charge in [0.2, 0.25) is 0 Å². The fourth-order valence-corrected chi connectivity index (χ4v) is 3.40. The molecule has 1 unspecified atom stereocenters. The first kappa shape index (κ1) is 17.9. The Bertz CT molecular complexity index is 584. The van der Waals surface area contributed by atoms with Gasteiger partial charge in [-0.05, 0) is 31.2 Å². The maximum Gasteiger partial charge on any atom is 0.309 e. The topological polar surface area (TPSA) is 76.7 Å². The fourth-order valence-electron chi connectivity index (χ4n) is 3.40. The molecule has 2 fully saturated rings. The number of nitrogens with one attached hydrogen (secondary N) is 2. The van der Waals surface area contributed by atoms with E-state index in [1.165, 1.54) is 5.56 Å². The number of hydrogen-bond acceptors (Lipinski definition) is 4. The van der Waals surface area contributed by atoms with E-state index in [-0.39, 0.29) is 6.10 Å². The van der Waals surface area contributed by atoms with Gasteiger partial charge >= 0.3 is 11.8 Å². The zero-order valence-electron chi connectivity index (χ0n) is 14.5. The molecule has 1 heterocycles. The molecular formula is C19H26N2O4. The van der Waals surface area contributed by atoms with Crippen molar-refractivity contribution in [3.63, 3.8) is 0 Å². The fraction of sp³-hybridized carbons (Fsp3) is 0.579. The van der Waals surface area contributed by atoms with Crippen LogP contribution in [0.25, 0.3) is 0 Å². The van der Waals surface area contributed by atoms with Crippen LogP contribution in [0.15, 0.2) is 30.3 Å². The van der Waals surface area contributed by atoms with E-state index in [0.717, 1.165) is 38.5 Å². The number of benzene rings is 1. The molecule has 6 heteroatoms. The predicted octanol–water partition coefficient (Wildman–Crippen LogP) is 1.54. The van der Waals surface area contributed by atoms with Crippen LogP contribution in [-0.2, 0) is 25.5 Å². The lowest BCUT2D eigenvalue weighted by Gasteiger charge is -2.21. The van der Waals surface area contributed by atoms with Gasteiger partial charge in [-0.2, -0.15) is 0 Å². The third-order valence-corrected chi connectivity index (χ3v) is 4.75. The van der Waals surface area contributed by atoms with E-state index in [1.54, 1.807) is 0 Å². The zero-order valence-corrected chi connectivity index (χ0v) is 14.5. The van der Waals surface area contributed by atoms with Gasteiger partial charge in [0, 0.05) is 25.9 Å². The van der Waals surface area contributed by atoms with E-state index in [1.807, 2.05) is 18.2 Å². The predicted molar refractivity (Wildman–Crippen MR) is 92.8 cm³/mol. The highest BCUT2D eigenvalue weighted by Crippen LogP contribution is 2.38. The van der Waals surface area contributed by atoms with Gasteiger partial charge < -0.3 is 20.1 Å². The van der Waals surface area contributed by atoms with E-state index >= 15 is 0 Å². The normalized spacial score (nSPS) is 21.4. The molecule has 1 spiro atoms. The van der Waals surface area contributed by atoms with E-state index in [4.69, 9.17) is 9.47 Å². The number of carbonyl (C=O) groups is 2. The van der Waals surface area contributed by atoms with Crippen LogP contribution in [0.5, 0.6) is 0 Å². The molecule has 0 aromatic heterocycles. The second-order valence-electron chi connectivity index (χ2n) is 6.72. The van der Waals surface area contributed by atoms with Crippen LogP contribution in [0.3, 0.4) is 0 Å². The molecule has 2 aliphatic rings. The Balaban J connectivity index is 1.29. The van der Waals surface area contributed by atoms with Gasteiger partial charge in [0.1, 0.15) is 6.10 Å². The summed E-state index contributed by atoms with van der Waals surface area (Å²) in [4.78, 5) is 23.7. The molecule has 2 amide bonds. The maximum absolute atomic E-state index is 11.9. The number of ether oxygens (including phenoxy) is 2. The Morgan fingerprint density at radius 3 is 2.56 bits per heavy atom. The van der Waals surface area contributed by atoms with Crippen LogP contribution in [0.1, 0.15) is 37.7 Å². The van der Waals surface area contributed by atoms with Crippen molar-refractivity contribution in [2.75, 3.05) is 19.7 Å². The van der Waals surface area contributed by atoms with Gasteiger partial charge in [0.15, 0.2) is 5.79 Å². The second kappa shape index (κ2) is 8.45. The summed E-state index contributed by atoms with van der Waals surface area (Å²) in [5, 5.41) is 5.29. The molecule has 1 atom stereocenters. The molecule has 2 N–H and O–H groups in total. The van der Waals surface area contributed by atoms with E-state index in [2.05, 4.69) is 22.8 Å². The summed E-state index contributed by atoms with van der Waals surface area (Å²) in [6, 6.07) is 10.1. The lowest BCUT2D eigenvalue weighted by atomic mass is 10.1. The monoisotopic (exact) mass is 346 g/mol. The summed E-state index contributed by atoms with van der Waals surface area (Å²) in [5.41, 5.74) is 1.22. The van der Waals surface area contributed by atoms with Crippen molar-refractivity contribution in [3.8, 4) is 0 Å². The number of amides is 2. The minimum atomic E-state index is -0.615. The standard InChI is InChI=1S/C19H26N2O4/c22-17(20-12-6-9-15-7-2-1-3-8-15)18(23)21-13-16-14-24-19(25-16)10-4-5-11-19/h1-3,7-8,16H,4-6,9-14H2,(H,20,22)(H,21,23). The first-order valence-electron chi connectivity index (χ1n) is 9.09. The molecule has 1 aliphatic heterocycles. The minimum absolute atomic E-state index is 0.173. The molecule has 1 aliphatic carbocycles. The summed E-state index contributed by atoms with van der Waals surface area (Å²) in [6.45, 7) is 1.25. The first-order valence-corrected chi connectivity index (χ1v) is 9.09. The van der Waals surface area contributed by atoms with Gasteiger partial charge in [-0.25, -0.2) is 0 Å².